The summed E-state index contributed by atoms with van der Waals surface area (Å²) in [5.41, 5.74) is 9.68. The number of rotatable bonds is 5. The van der Waals surface area contributed by atoms with Crippen LogP contribution in [0, 0.1) is 5.92 Å². The van der Waals surface area contributed by atoms with Crippen LogP contribution in [-0.4, -0.2) is 16.9 Å². The number of halogens is 3. The first-order valence-electron chi connectivity index (χ1n) is 6.11. The summed E-state index contributed by atoms with van der Waals surface area (Å²) in [4.78, 5) is 11.0. The average Bonchev–Trinajstić information content (AvgIpc) is 2.33. The molecule has 1 amide bonds. The molecule has 1 aromatic rings. The van der Waals surface area contributed by atoms with Gasteiger partial charge < -0.3 is 16.8 Å². The summed E-state index contributed by atoms with van der Waals surface area (Å²) in [5.74, 6) is -0.722. The lowest BCUT2D eigenvalue weighted by Crippen LogP contribution is -2.39. The van der Waals surface area contributed by atoms with E-state index in [1.54, 1.807) is 13.8 Å². The SMILES string of the molecule is CC(C)C(Nc1ccc(C(F)(F)F)c(C(N)=S)c1)C(N)=O. The van der Waals surface area contributed by atoms with E-state index in [1.807, 2.05) is 0 Å². The molecule has 0 aliphatic heterocycles. The summed E-state index contributed by atoms with van der Waals surface area (Å²) < 4.78 is 38.5. The van der Waals surface area contributed by atoms with E-state index >= 15 is 0 Å². The van der Waals surface area contributed by atoms with Crippen LogP contribution in [0.25, 0.3) is 0 Å². The smallest absolute Gasteiger partial charge is 0.389 e. The molecule has 116 valence electrons. The zero-order valence-electron chi connectivity index (χ0n) is 11.5. The molecule has 0 saturated carbocycles. The number of alkyl halides is 3. The topological polar surface area (TPSA) is 81.1 Å². The largest absolute Gasteiger partial charge is 0.417 e. The van der Waals surface area contributed by atoms with Gasteiger partial charge in [-0.25, -0.2) is 0 Å². The van der Waals surface area contributed by atoms with E-state index in [0.29, 0.717) is 5.69 Å². The Bertz CT molecular complexity index is 558. The molecule has 0 aliphatic rings. The quantitative estimate of drug-likeness (QED) is 0.727. The Morgan fingerprint density at radius 1 is 1.29 bits per heavy atom. The minimum Gasteiger partial charge on any atom is -0.389 e. The Labute approximate surface area is 125 Å². The average molecular weight is 319 g/mol. The fourth-order valence-electron chi connectivity index (χ4n) is 1.83. The third kappa shape index (κ3) is 4.32. The van der Waals surface area contributed by atoms with E-state index in [0.717, 1.165) is 6.07 Å². The van der Waals surface area contributed by atoms with Crippen molar-refractivity contribution in [3.8, 4) is 0 Å². The van der Waals surface area contributed by atoms with E-state index < -0.39 is 23.7 Å². The normalized spacial score (nSPS) is 13.0. The Morgan fingerprint density at radius 3 is 2.24 bits per heavy atom. The molecule has 0 spiro atoms. The van der Waals surface area contributed by atoms with E-state index in [-0.39, 0.29) is 16.5 Å². The number of nitrogens with one attached hydrogen (secondary N) is 1. The van der Waals surface area contributed by atoms with Gasteiger partial charge in [0.05, 0.1) is 5.56 Å². The fraction of sp³-hybridized carbons (Fsp3) is 0.385. The number of carbonyl (C=O) groups is 1. The van der Waals surface area contributed by atoms with E-state index in [1.165, 1.54) is 12.1 Å². The highest BCUT2D eigenvalue weighted by atomic mass is 32.1. The molecule has 0 aliphatic carbocycles. The first kappa shape index (κ1) is 17.2. The van der Waals surface area contributed by atoms with Crippen LogP contribution in [0.2, 0.25) is 0 Å². The monoisotopic (exact) mass is 319 g/mol. The number of carbonyl (C=O) groups excluding carboxylic acids is 1. The molecule has 1 aromatic carbocycles. The molecule has 0 radical (unpaired) electrons. The molecule has 8 heteroatoms. The lowest BCUT2D eigenvalue weighted by molar-refractivity contribution is -0.137. The van der Waals surface area contributed by atoms with Gasteiger partial charge in [0.2, 0.25) is 5.91 Å². The van der Waals surface area contributed by atoms with Gasteiger partial charge in [0.15, 0.2) is 0 Å². The fourth-order valence-corrected chi connectivity index (χ4v) is 2.00. The second-order valence-electron chi connectivity index (χ2n) is 4.89. The highest BCUT2D eigenvalue weighted by Crippen LogP contribution is 2.33. The lowest BCUT2D eigenvalue weighted by atomic mass is 10.0. The minimum atomic E-state index is -4.56. The molecule has 0 fully saturated rings. The van der Waals surface area contributed by atoms with Crippen LogP contribution in [0.1, 0.15) is 25.0 Å². The Balaban J connectivity index is 3.20. The van der Waals surface area contributed by atoms with Crippen molar-refractivity contribution in [2.75, 3.05) is 5.32 Å². The van der Waals surface area contributed by atoms with Crippen molar-refractivity contribution in [3.63, 3.8) is 0 Å². The van der Waals surface area contributed by atoms with Crippen LogP contribution in [0.15, 0.2) is 18.2 Å². The predicted molar refractivity (Wildman–Crippen MR) is 78.8 cm³/mol. The standard InChI is InChI=1S/C13H16F3N3OS/c1-6(2)10(11(17)20)19-7-3-4-9(13(14,15)16)8(5-7)12(18)21/h3-6,10,19H,1-2H3,(H2,17,20)(H2,18,21). The van der Waals surface area contributed by atoms with Crippen LogP contribution in [0.3, 0.4) is 0 Å². The number of hydrogen-bond donors (Lipinski definition) is 3. The summed E-state index contributed by atoms with van der Waals surface area (Å²) in [6.07, 6.45) is -4.56. The van der Waals surface area contributed by atoms with Gasteiger partial charge in [-0.15, -0.1) is 0 Å². The van der Waals surface area contributed by atoms with Gasteiger partial charge in [-0.05, 0) is 24.1 Å². The number of nitrogens with two attached hydrogens (primary N) is 2. The number of primary amides is 1. The zero-order valence-corrected chi connectivity index (χ0v) is 12.3. The van der Waals surface area contributed by atoms with Crippen molar-refractivity contribution in [2.45, 2.75) is 26.1 Å². The van der Waals surface area contributed by atoms with Crippen molar-refractivity contribution < 1.29 is 18.0 Å². The highest BCUT2D eigenvalue weighted by Gasteiger charge is 2.34. The first-order chi connectivity index (χ1) is 9.54. The van der Waals surface area contributed by atoms with Gasteiger partial charge in [-0.2, -0.15) is 13.2 Å². The number of amides is 1. The van der Waals surface area contributed by atoms with Crippen molar-refractivity contribution in [3.05, 3.63) is 29.3 Å². The lowest BCUT2D eigenvalue weighted by Gasteiger charge is -2.21. The van der Waals surface area contributed by atoms with Crippen LogP contribution in [0.4, 0.5) is 18.9 Å². The molecule has 0 aromatic heterocycles. The summed E-state index contributed by atoms with van der Waals surface area (Å²) >= 11 is 4.65. The van der Waals surface area contributed by atoms with E-state index in [4.69, 9.17) is 11.5 Å². The number of hydrogen-bond acceptors (Lipinski definition) is 3. The highest BCUT2D eigenvalue weighted by molar-refractivity contribution is 7.80. The Kier molecular flexibility index (Phi) is 5.16. The van der Waals surface area contributed by atoms with Gasteiger partial charge in [0.25, 0.3) is 0 Å². The second-order valence-corrected chi connectivity index (χ2v) is 5.33. The maximum Gasteiger partial charge on any atom is 0.417 e. The first-order valence-corrected chi connectivity index (χ1v) is 6.51. The molecule has 0 saturated heterocycles. The number of thiocarbonyl (C=S) groups is 1. The summed E-state index contributed by atoms with van der Waals surface area (Å²) in [7, 11) is 0. The van der Waals surface area contributed by atoms with Gasteiger partial charge in [0, 0.05) is 11.3 Å². The van der Waals surface area contributed by atoms with Crippen molar-refractivity contribution >= 4 is 28.8 Å². The Morgan fingerprint density at radius 2 is 1.86 bits per heavy atom. The molecular formula is C13H16F3N3OS. The van der Waals surface area contributed by atoms with Gasteiger partial charge in [-0.1, -0.05) is 26.1 Å². The molecule has 4 nitrogen and oxygen atoms in total. The molecule has 1 rings (SSSR count). The third-order valence-corrected chi connectivity index (χ3v) is 3.11. The third-order valence-electron chi connectivity index (χ3n) is 2.89. The maximum absolute atomic E-state index is 12.8. The summed E-state index contributed by atoms with van der Waals surface area (Å²) in [5, 5.41) is 2.79. The number of benzene rings is 1. The summed E-state index contributed by atoms with van der Waals surface area (Å²) in [6, 6.07) is 2.54. The van der Waals surface area contributed by atoms with Gasteiger partial charge in [0.1, 0.15) is 11.0 Å². The molecule has 0 bridgehead atoms. The van der Waals surface area contributed by atoms with Gasteiger partial charge >= 0.3 is 6.18 Å². The van der Waals surface area contributed by atoms with E-state index in [9.17, 15) is 18.0 Å². The van der Waals surface area contributed by atoms with Crippen LogP contribution in [-0.2, 0) is 11.0 Å². The molecule has 1 atom stereocenters. The molecule has 0 heterocycles. The van der Waals surface area contributed by atoms with Crippen LogP contribution < -0.4 is 16.8 Å². The van der Waals surface area contributed by atoms with Gasteiger partial charge in [-0.3, -0.25) is 4.79 Å². The molecule has 1 unspecified atom stereocenters. The van der Waals surface area contributed by atoms with E-state index in [2.05, 4.69) is 17.5 Å². The molecular weight excluding hydrogens is 303 g/mol. The maximum atomic E-state index is 12.8. The minimum absolute atomic E-state index is 0.127. The van der Waals surface area contributed by atoms with Crippen molar-refractivity contribution in [1.82, 2.24) is 0 Å². The molecule has 21 heavy (non-hydrogen) atoms. The van der Waals surface area contributed by atoms with Crippen LogP contribution in [0.5, 0.6) is 0 Å². The second kappa shape index (κ2) is 6.30. The van der Waals surface area contributed by atoms with Crippen LogP contribution >= 0.6 is 12.2 Å². The number of anilines is 1. The zero-order chi connectivity index (χ0) is 16.4. The van der Waals surface area contributed by atoms with Crippen molar-refractivity contribution in [2.24, 2.45) is 17.4 Å². The summed E-state index contributed by atoms with van der Waals surface area (Å²) in [6.45, 7) is 3.53. The Hall–Kier alpha value is -1.83. The molecule has 5 N–H and O–H groups in total. The predicted octanol–water partition coefficient (Wildman–Crippen LogP) is 2.26. The van der Waals surface area contributed by atoms with Crippen molar-refractivity contribution in [1.29, 1.82) is 0 Å².